The van der Waals surface area contributed by atoms with E-state index in [0.717, 1.165) is 15.6 Å². The molecule has 2 heterocycles. The fourth-order valence-electron chi connectivity index (χ4n) is 2.33. The van der Waals surface area contributed by atoms with Crippen molar-refractivity contribution in [2.75, 3.05) is 7.11 Å². The van der Waals surface area contributed by atoms with Crippen LogP contribution in [-0.2, 0) is 0 Å². The SMILES string of the molecule is COc1ccc(C2CC(O)c3cc(Br)ccc3O2)cn1. The summed E-state index contributed by atoms with van der Waals surface area (Å²) in [5.41, 5.74) is 1.75. The third-order valence-electron chi connectivity index (χ3n) is 3.38. The Balaban J connectivity index is 1.88. The number of hydrogen-bond acceptors (Lipinski definition) is 4. The van der Waals surface area contributed by atoms with E-state index in [1.165, 1.54) is 0 Å². The minimum atomic E-state index is -0.539. The first-order valence-corrected chi connectivity index (χ1v) is 7.11. The van der Waals surface area contributed by atoms with Gasteiger partial charge in [-0.3, -0.25) is 0 Å². The topological polar surface area (TPSA) is 51.6 Å². The maximum Gasteiger partial charge on any atom is 0.212 e. The number of methoxy groups -OCH3 is 1. The number of aliphatic hydroxyl groups is 1. The highest BCUT2D eigenvalue weighted by Crippen LogP contribution is 2.41. The van der Waals surface area contributed by atoms with Gasteiger partial charge in [-0.2, -0.15) is 0 Å². The number of aromatic nitrogens is 1. The zero-order valence-corrected chi connectivity index (χ0v) is 12.5. The largest absolute Gasteiger partial charge is 0.485 e. The molecule has 0 aliphatic carbocycles. The number of rotatable bonds is 2. The van der Waals surface area contributed by atoms with Gasteiger partial charge in [0.2, 0.25) is 5.88 Å². The van der Waals surface area contributed by atoms with Gasteiger partial charge in [0.25, 0.3) is 0 Å². The molecule has 0 saturated carbocycles. The molecule has 0 fully saturated rings. The summed E-state index contributed by atoms with van der Waals surface area (Å²) >= 11 is 3.40. The van der Waals surface area contributed by atoms with Crippen molar-refractivity contribution in [2.45, 2.75) is 18.6 Å². The summed E-state index contributed by atoms with van der Waals surface area (Å²) < 4.78 is 11.9. The quantitative estimate of drug-likeness (QED) is 0.913. The Labute approximate surface area is 125 Å². The Morgan fingerprint density at radius 2 is 2.20 bits per heavy atom. The molecule has 1 aromatic carbocycles. The van der Waals surface area contributed by atoms with Crippen LogP contribution in [0, 0.1) is 0 Å². The van der Waals surface area contributed by atoms with Crippen molar-refractivity contribution >= 4 is 15.9 Å². The lowest BCUT2D eigenvalue weighted by Crippen LogP contribution is -2.19. The van der Waals surface area contributed by atoms with Gasteiger partial charge in [0.1, 0.15) is 11.9 Å². The van der Waals surface area contributed by atoms with E-state index < -0.39 is 6.10 Å². The van der Waals surface area contributed by atoms with Gasteiger partial charge in [-0.15, -0.1) is 0 Å². The molecule has 1 aliphatic heterocycles. The van der Waals surface area contributed by atoms with Crippen LogP contribution in [0.2, 0.25) is 0 Å². The van der Waals surface area contributed by atoms with Crippen LogP contribution in [0.1, 0.15) is 29.8 Å². The van der Waals surface area contributed by atoms with E-state index in [9.17, 15) is 5.11 Å². The molecular formula is C15H14BrNO3. The second-order valence-corrected chi connectivity index (χ2v) is 5.59. The summed E-state index contributed by atoms with van der Waals surface area (Å²) in [5.74, 6) is 1.28. The molecule has 1 aromatic heterocycles. The van der Waals surface area contributed by atoms with E-state index >= 15 is 0 Å². The Bertz CT molecular complexity index is 615. The van der Waals surface area contributed by atoms with Gasteiger partial charge in [-0.05, 0) is 24.3 Å². The van der Waals surface area contributed by atoms with Crippen LogP contribution in [0.3, 0.4) is 0 Å². The lowest BCUT2D eigenvalue weighted by molar-refractivity contribution is 0.0655. The maximum absolute atomic E-state index is 10.3. The van der Waals surface area contributed by atoms with Gasteiger partial charge in [-0.25, -0.2) is 4.98 Å². The molecule has 0 bridgehead atoms. The average molecular weight is 336 g/mol. The predicted octanol–water partition coefficient (Wildman–Crippen LogP) is 3.41. The fourth-order valence-corrected chi connectivity index (χ4v) is 2.70. The number of pyridine rings is 1. The highest BCUT2D eigenvalue weighted by Gasteiger charge is 2.28. The fraction of sp³-hybridized carbons (Fsp3) is 0.267. The summed E-state index contributed by atoms with van der Waals surface area (Å²) in [4.78, 5) is 4.18. The molecule has 20 heavy (non-hydrogen) atoms. The van der Waals surface area contributed by atoms with Crippen LogP contribution in [0.4, 0.5) is 0 Å². The molecule has 2 atom stereocenters. The summed E-state index contributed by atoms with van der Waals surface area (Å²) in [6, 6.07) is 9.36. The predicted molar refractivity (Wildman–Crippen MR) is 77.9 cm³/mol. The Kier molecular flexibility index (Phi) is 3.63. The molecule has 104 valence electrons. The molecule has 2 aromatic rings. The van der Waals surface area contributed by atoms with Gasteiger partial charge < -0.3 is 14.6 Å². The first-order valence-electron chi connectivity index (χ1n) is 6.31. The molecule has 0 saturated heterocycles. The van der Waals surface area contributed by atoms with Crippen molar-refractivity contribution in [3.63, 3.8) is 0 Å². The normalized spacial score (nSPS) is 20.9. The molecule has 1 N–H and O–H groups in total. The summed E-state index contributed by atoms with van der Waals surface area (Å²) in [5, 5.41) is 10.3. The number of halogens is 1. The van der Waals surface area contributed by atoms with Crippen molar-refractivity contribution in [3.05, 3.63) is 52.1 Å². The van der Waals surface area contributed by atoms with Crippen LogP contribution in [0.5, 0.6) is 11.6 Å². The average Bonchev–Trinajstić information content (AvgIpc) is 2.48. The van der Waals surface area contributed by atoms with Gasteiger partial charge in [0.15, 0.2) is 0 Å². The van der Waals surface area contributed by atoms with E-state index in [0.29, 0.717) is 18.1 Å². The third-order valence-corrected chi connectivity index (χ3v) is 3.87. The van der Waals surface area contributed by atoms with E-state index in [1.54, 1.807) is 19.4 Å². The number of nitrogens with zero attached hydrogens (tertiary/aromatic N) is 1. The smallest absolute Gasteiger partial charge is 0.212 e. The van der Waals surface area contributed by atoms with E-state index in [2.05, 4.69) is 20.9 Å². The van der Waals surface area contributed by atoms with Crippen LogP contribution >= 0.6 is 15.9 Å². The van der Waals surface area contributed by atoms with Crippen molar-refractivity contribution in [2.24, 2.45) is 0 Å². The van der Waals surface area contributed by atoms with Crippen molar-refractivity contribution in [1.29, 1.82) is 0 Å². The van der Waals surface area contributed by atoms with Gasteiger partial charge in [0, 0.05) is 34.3 Å². The number of ether oxygens (including phenoxy) is 2. The summed E-state index contributed by atoms with van der Waals surface area (Å²) in [6.45, 7) is 0. The zero-order chi connectivity index (χ0) is 14.1. The zero-order valence-electron chi connectivity index (χ0n) is 10.9. The van der Waals surface area contributed by atoms with Gasteiger partial charge >= 0.3 is 0 Å². The molecule has 2 unspecified atom stereocenters. The lowest BCUT2D eigenvalue weighted by atomic mass is 9.96. The molecule has 3 rings (SSSR count). The van der Waals surface area contributed by atoms with Crippen molar-refractivity contribution in [1.82, 2.24) is 4.98 Å². The molecule has 5 heteroatoms. The number of benzene rings is 1. The standard InChI is InChI=1S/C15H14BrNO3/c1-19-15-5-2-9(8-17-15)14-7-12(18)11-6-10(16)3-4-13(11)20-14/h2-6,8,12,14,18H,7H2,1H3. The monoisotopic (exact) mass is 335 g/mol. The highest BCUT2D eigenvalue weighted by atomic mass is 79.9. The van der Waals surface area contributed by atoms with Crippen LogP contribution in [-0.4, -0.2) is 17.2 Å². The maximum atomic E-state index is 10.3. The second kappa shape index (κ2) is 5.42. The first kappa shape index (κ1) is 13.4. The first-order chi connectivity index (χ1) is 9.67. The third kappa shape index (κ3) is 2.51. The van der Waals surface area contributed by atoms with Gasteiger partial charge in [0.05, 0.1) is 13.2 Å². The molecule has 0 amide bonds. The van der Waals surface area contributed by atoms with Gasteiger partial charge in [-0.1, -0.05) is 15.9 Å². The number of hydrogen-bond donors (Lipinski definition) is 1. The van der Waals surface area contributed by atoms with Crippen molar-refractivity contribution < 1.29 is 14.6 Å². The number of aliphatic hydroxyl groups excluding tert-OH is 1. The number of fused-ring (bicyclic) bond motifs is 1. The summed E-state index contributed by atoms with van der Waals surface area (Å²) in [6.07, 6.45) is 1.50. The van der Waals surface area contributed by atoms with Crippen LogP contribution < -0.4 is 9.47 Å². The van der Waals surface area contributed by atoms with E-state index in [4.69, 9.17) is 9.47 Å². The van der Waals surface area contributed by atoms with E-state index in [-0.39, 0.29) is 6.10 Å². The Morgan fingerprint density at radius 1 is 1.35 bits per heavy atom. The van der Waals surface area contributed by atoms with Crippen LogP contribution in [0.15, 0.2) is 41.0 Å². The van der Waals surface area contributed by atoms with Crippen molar-refractivity contribution in [3.8, 4) is 11.6 Å². The van der Waals surface area contributed by atoms with Crippen LogP contribution in [0.25, 0.3) is 0 Å². The second-order valence-electron chi connectivity index (χ2n) is 4.67. The minimum absolute atomic E-state index is 0.197. The lowest BCUT2D eigenvalue weighted by Gasteiger charge is -2.29. The molecular weight excluding hydrogens is 322 g/mol. The molecule has 1 aliphatic rings. The molecule has 0 radical (unpaired) electrons. The Hall–Kier alpha value is -1.59. The van der Waals surface area contributed by atoms with E-state index in [1.807, 2.05) is 24.3 Å². The molecule has 4 nitrogen and oxygen atoms in total. The highest BCUT2D eigenvalue weighted by molar-refractivity contribution is 9.10. The molecule has 0 spiro atoms. The Morgan fingerprint density at radius 3 is 2.90 bits per heavy atom. The minimum Gasteiger partial charge on any atom is -0.485 e. The summed E-state index contributed by atoms with van der Waals surface area (Å²) in [7, 11) is 1.58.